The Hall–Kier alpha value is -3.41. The van der Waals surface area contributed by atoms with Gasteiger partial charge in [-0.1, -0.05) is 65.8 Å². The first-order valence-electron chi connectivity index (χ1n) is 11.2. The predicted molar refractivity (Wildman–Crippen MR) is 135 cm³/mol. The van der Waals surface area contributed by atoms with Gasteiger partial charge in [0.2, 0.25) is 0 Å². The number of carbonyl (C=O) groups excluding carboxylic acids is 1. The lowest BCUT2D eigenvalue weighted by Crippen LogP contribution is -2.23. The highest BCUT2D eigenvalue weighted by molar-refractivity contribution is 6.01. The van der Waals surface area contributed by atoms with Crippen LogP contribution in [0.3, 0.4) is 0 Å². The Morgan fingerprint density at radius 3 is 1.85 bits per heavy atom. The normalized spacial score (nSPS) is 12.7. The minimum absolute atomic E-state index is 0.0164. The molecule has 0 aliphatic carbocycles. The van der Waals surface area contributed by atoms with Crippen LogP contribution < -0.4 is 11.0 Å². The highest BCUT2D eigenvalue weighted by Gasteiger charge is 2.18. The minimum Gasteiger partial charge on any atom is -0.295 e. The molecule has 0 spiro atoms. The number of rotatable bonds is 4. The quantitative estimate of drug-likeness (QED) is 0.425. The first-order valence-corrected chi connectivity index (χ1v) is 11.2. The van der Waals surface area contributed by atoms with Crippen molar-refractivity contribution in [3.8, 4) is 5.69 Å². The average molecular weight is 447 g/mol. The molecule has 0 unspecified atom stereocenters. The van der Waals surface area contributed by atoms with E-state index in [1.807, 2.05) is 43.3 Å². The molecule has 0 aliphatic rings. The largest absolute Gasteiger partial charge is 0.295 e. The summed E-state index contributed by atoms with van der Waals surface area (Å²) in [5, 5.41) is 7.32. The Kier molecular flexibility index (Phi) is 6.50. The van der Waals surface area contributed by atoms with E-state index in [9.17, 15) is 9.59 Å². The number of H-pyrrole nitrogens is 1. The molecule has 33 heavy (non-hydrogen) atoms. The highest BCUT2D eigenvalue weighted by atomic mass is 16.2. The molecular formula is C27H34N4O2. The summed E-state index contributed by atoms with van der Waals surface area (Å²) in [7, 11) is 0. The smallest absolute Gasteiger partial charge is 0.280 e. The van der Waals surface area contributed by atoms with Gasteiger partial charge in [0.05, 0.1) is 17.0 Å². The predicted octanol–water partition coefficient (Wildman–Crippen LogP) is 5.22. The van der Waals surface area contributed by atoms with Crippen LogP contribution in [0.1, 0.15) is 81.2 Å². The van der Waals surface area contributed by atoms with E-state index in [0.717, 1.165) is 11.3 Å². The van der Waals surface area contributed by atoms with Gasteiger partial charge in [-0.15, -0.1) is 0 Å². The van der Waals surface area contributed by atoms with Gasteiger partial charge in [-0.25, -0.2) is 10.1 Å². The van der Waals surface area contributed by atoms with Crippen LogP contribution in [0.25, 0.3) is 5.69 Å². The van der Waals surface area contributed by atoms with E-state index in [-0.39, 0.29) is 22.3 Å². The van der Waals surface area contributed by atoms with E-state index in [2.05, 4.69) is 57.2 Å². The second kappa shape index (κ2) is 8.85. The maximum absolute atomic E-state index is 13.1. The molecule has 0 saturated heterocycles. The number of hydrazone groups is 1. The zero-order valence-corrected chi connectivity index (χ0v) is 20.8. The molecule has 3 rings (SSSR count). The van der Waals surface area contributed by atoms with Gasteiger partial charge in [-0.3, -0.25) is 14.7 Å². The number of aromatic nitrogens is 2. The van der Waals surface area contributed by atoms with E-state index in [0.29, 0.717) is 22.5 Å². The summed E-state index contributed by atoms with van der Waals surface area (Å²) in [4.78, 5) is 25.6. The second-order valence-electron chi connectivity index (χ2n) is 10.5. The number of amides is 1. The molecule has 174 valence electrons. The Balaban J connectivity index is 1.81. The molecule has 0 atom stereocenters. The molecule has 1 heterocycles. The number of hydrogen-bond donors (Lipinski definition) is 2. The van der Waals surface area contributed by atoms with Crippen molar-refractivity contribution < 1.29 is 4.79 Å². The van der Waals surface area contributed by atoms with Gasteiger partial charge < -0.3 is 0 Å². The average Bonchev–Trinajstić information content (AvgIpc) is 3.04. The van der Waals surface area contributed by atoms with Crippen molar-refractivity contribution >= 4 is 11.6 Å². The van der Waals surface area contributed by atoms with Gasteiger partial charge in [0.15, 0.2) is 0 Å². The van der Waals surface area contributed by atoms with Crippen LogP contribution in [0.15, 0.2) is 58.4 Å². The molecule has 0 saturated carbocycles. The monoisotopic (exact) mass is 446 g/mol. The van der Waals surface area contributed by atoms with Crippen molar-refractivity contribution in [2.45, 2.75) is 66.2 Å². The number of aryl methyl sites for hydroxylation is 1. The molecule has 0 fully saturated rings. The summed E-state index contributed by atoms with van der Waals surface area (Å²) in [6, 6.07) is 15.4. The summed E-state index contributed by atoms with van der Waals surface area (Å²) in [5.41, 5.74) is 7.59. The topological polar surface area (TPSA) is 79.2 Å². The van der Waals surface area contributed by atoms with Crippen LogP contribution in [-0.2, 0) is 10.8 Å². The number of benzene rings is 2. The van der Waals surface area contributed by atoms with Crippen LogP contribution in [0.2, 0.25) is 0 Å². The lowest BCUT2D eigenvalue weighted by molar-refractivity contribution is 0.0954. The Morgan fingerprint density at radius 2 is 1.36 bits per heavy atom. The summed E-state index contributed by atoms with van der Waals surface area (Å²) in [5.74, 6) is -0.318. The van der Waals surface area contributed by atoms with Crippen molar-refractivity contribution in [1.82, 2.24) is 15.2 Å². The SMILES string of the molecule is C/C(=N/NC(=O)c1ccc(C(C)(C)C)cc1)c1c(C)[nH]n(-c2ccc(C(C)(C)C)cc2)c1=O. The van der Waals surface area contributed by atoms with Crippen LogP contribution in [-0.4, -0.2) is 21.4 Å². The molecule has 0 radical (unpaired) electrons. The number of carbonyl (C=O) groups is 1. The van der Waals surface area contributed by atoms with Crippen LogP contribution in [0.5, 0.6) is 0 Å². The van der Waals surface area contributed by atoms with Crippen molar-refractivity contribution in [3.63, 3.8) is 0 Å². The van der Waals surface area contributed by atoms with Crippen LogP contribution >= 0.6 is 0 Å². The first kappa shape index (κ1) is 24.2. The van der Waals surface area contributed by atoms with E-state index in [1.165, 1.54) is 10.2 Å². The molecular weight excluding hydrogens is 412 g/mol. The van der Waals surface area contributed by atoms with Gasteiger partial charge in [-0.05, 0) is 60.1 Å². The summed E-state index contributed by atoms with van der Waals surface area (Å²) in [6.45, 7) is 16.4. The third kappa shape index (κ3) is 5.33. The van der Waals surface area contributed by atoms with Crippen molar-refractivity contribution in [2.24, 2.45) is 5.10 Å². The minimum atomic E-state index is -0.318. The highest BCUT2D eigenvalue weighted by Crippen LogP contribution is 2.23. The van der Waals surface area contributed by atoms with Crippen molar-refractivity contribution in [3.05, 3.63) is 86.8 Å². The first-order chi connectivity index (χ1) is 15.3. The van der Waals surface area contributed by atoms with E-state index in [4.69, 9.17) is 0 Å². The number of hydrogen-bond acceptors (Lipinski definition) is 3. The third-order valence-corrected chi connectivity index (χ3v) is 5.76. The fourth-order valence-electron chi connectivity index (χ4n) is 3.64. The summed E-state index contributed by atoms with van der Waals surface area (Å²) < 4.78 is 1.50. The van der Waals surface area contributed by atoms with Crippen molar-refractivity contribution in [1.29, 1.82) is 0 Å². The molecule has 3 aromatic rings. The molecule has 2 aromatic carbocycles. The zero-order chi connectivity index (χ0) is 24.6. The fourth-order valence-corrected chi connectivity index (χ4v) is 3.64. The van der Waals surface area contributed by atoms with E-state index in [1.54, 1.807) is 19.1 Å². The molecule has 6 heteroatoms. The van der Waals surface area contributed by atoms with Crippen LogP contribution in [0.4, 0.5) is 0 Å². The molecule has 1 aromatic heterocycles. The maximum Gasteiger partial charge on any atom is 0.280 e. The maximum atomic E-state index is 13.1. The van der Waals surface area contributed by atoms with Gasteiger partial charge in [-0.2, -0.15) is 5.10 Å². The van der Waals surface area contributed by atoms with E-state index >= 15 is 0 Å². The van der Waals surface area contributed by atoms with Gasteiger partial charge >= 0.3 is 0 Å². The molecule has 0 bridgehead atoms. The Bertz CT molecular complexity index is 1230. The van der Waals surface area contributed by atoms with Crippen LogP contribution in [0, 0.1) is 6.92 Å². The van der Waals surface area contributed by atoms with E-state index < -0.39 is 0 Å². The fraction of sp³-hybridized carbons (Fsp3) is 0.370. The lowest BCUT2D eigenvalue weighted by atomic mass is 9.87. The second-order valence-corrected chi connectivity index (χ2v) is 10.5. The number of nitrogens with zero attached hydrogens (tertiary/aromatic N) is 2. The lowest BCUT2D eigenvalue weighted by Gasteiger charge is -2.19. The molecule has 1 amide bonds. The molecule has 6 nitrogen and oxygen atoms in total. The standard InChI is InChI=1S/C27H34N4O2/c1-17(28-29-24(32)19-9-11-20(12-10-19)26(3,4)5)23-18(2)30-31(25(23)33)22-15-13-21(14-16-22)27(6,7)8/h9-16,30H,1-8H3,(H,29,32)/b28-17-. The Morgan fingerprint density at radius 1 is 0.879 bits per heavy atom. The molecule has 2 N–H and O–H groups in total. The van der Waals surface area contributed by atoms with Gasteiger partial charge in [0.1, 0.15) is 0 Å². The van der Waals surface area contributed by atoms with Gasteiger partial charge in [0.25, 0.3) is 11.5 Å². The van der Waals surface area contributed by atoms with Gasteiger partial charge in [0, 0.05) is 11.3 Å². The summed E-state index contributed by atoms with van der Waals surface area (Å²) in [6.07, 6.45) is 0. The molecule has 0 aliphatic heterocycles. The summed E-state index contributed by atoms with van der Waals surface area (Å²) >= 11 is 0. The number of aromatic amines is 1. The number of nitrogens with one attached hydrogen (secondary N) is 2. The zero-order valence-electron chi connectivity index (χ0n) is 20.8. The third-order valence-electron chi connectivity index (χ3n) is 5.76. The Labute approximate surface area is 195 Å². The van der Waals surface area contributed by atoms with Crippen molar-refractivity contribution in [2.75, 3.05) is 0 Å².